The lowest BCUT2D eigenvalue weighted by Crippen LogP contribution is -2.52. The summed E-state index contributed by atoms with van der Waals surface area (Å²) in [5.41, 5.74) is 2.13. The number of guanidine groups is 1. The Bertz CT molecular complexity index is 816. The molecule has 2 aromatic rings. The van der Waals surface area contributed by atoms with E-state index in [0.717, 1.165) is 55.9 Å². The molecule has 2 heterocycles. The van der Waals surface area contributed by atoms with Crippen LogP contribution in [-0.4, -0.2) is 61.3 Å². The fourth-order valence-electron chi connectivity index (χ4n) is 3.73. The first-order valence-electron chi connectivity index (χ1n) is 10.4. The highest BCUT2D eigenvalue weighted by Crippen LogP contribution is 2.27. The molecule has 8 heteroatoms. The molecule has 1 saturated heterocycles. The first-order valence-corrected chi connectivity index (χ1v) is 10.8. The molecular formula is C23H33ClIN5O. The summed E-state index contributed by atoms with van der Waals surface area (Å²) in [6.45, 7) is 8.28. The molecule has 1 unspecified atom stereocenters. The van der Waals surface area contributed by atoms with E-state index in [1.54, 1.807) is 7.05 Å². The number of aromatic nitrogens is 1. The van der Waals surface area contributed by atoms with Crippen LogP contribution in [0.4, 0.5) is 0 Å². The van der Waals surface area contributed by atoms with Crippen LogP contribution in [0.5, 0.6) is 0 Å². The van der Waals surface area contributed by atoms with Crippen molar-refractivity contribution in [3.05, 3.63) is 64.9 Å². The second-order valence-electron chi connectivity index (χ2n) is 8.10. The average Bonchev–Trinajstić information content (AvgIpc) is 2.74. The number of rotatable bonds is 7. The van der Waals surface area contributed by atoms with E-state index in [4.69, 9.17) is 16.3 Å². The molecule has 2 N–H and O–H groups in total. The molecule has 0 amide bonds. The summed E-state index contributed by atoms with van der Waals surface area (Å²) in [6.07, 6.45) is 2.67. The molecule has 1 fully saturated rings. The largest absolute Gasteiger partial charge is 0.373 e. The Morgan fingerprint density at radius 1 is 1.23 bits per heavy atom. The summed E-state index contributed by atoms with van der Waals surface area (Å²) in [5.74, 6) is 0.789. The van der Waals surface area contributed by atoms with Crippen molar-refractivity contribution in [3.8, 4) is 0 Å². The predicted molar refractivity (Wildman–Crippen MR) is 139 cm³/mol. The van der Waals surface area contributed by atoms with Crippen molar-refractivity contribution in [2.45, 2.75) is 31.9 Å². The minimum absolute atomic E-state index is 0. The van der Waals surface area contributed by atoms with Gasteiger partial charge in [0.2, 0.25) is 0 Å². The number of morpholine rings is 1. The number of halogens is 2. The van der Waals surface area contributed by atoms with Gasteiger partial charge in [-0.3, -0.25) is 14.9 Å². The van der Waals surface area contributed by atoms with Crippen LogP contribution in [-0.2, 0) is 11.2 Å². The van der Waals surface area contributed by atoms with Crippen LogP contribution >= 0.6 is 35.6 Å². The lowest BCUT2D eigenvalue weighted by atomic mass is 10.0. The number of hydrogen-bond acceptors (Lipinski definition) is 4. The average molecular weight is 558 g/mol. The van der Waals surface area contributed by atoms with Crippen molar-refractivity contribution >= 4 is 41.5 Å². The van der Waals surface area contributed by atoms with Gasteiger partial charge in [0, 0.05) is 56.6 Å². The van der Waals surface area contributed by atoms with Gasteiger partial charge in [0.15, 0.2) is 5.96 Å². The summed E-state index contributed by atoms with van der Waals surface area (Å²) in [6, 6.07) is 14.3. The van der Waals surface area contributed by atoms with E-state index in [0.29, 0.717) is 0 Å². The molecule has 0 bridgehead atoms. The minimum Gasteiger partial charge on any atom is -0.373 e. The van der Waals surface area contributed by atoms with Gasteiger partial charge in [0.25, 0.3) is 0 Å². The van der Waals surface area contributed by atoms with Crippen molar-refractivity contribution < 1.29 is 4.74 Å². The normalized spacial score (nSPS) is 17.5. The van der Waals surface area contributed by atoms with Gasteiger partial charge in [-0.2, -0.15) is 0 Å². The first kappa shape index (κ1) is 25.8. The monoisotopic (exact) mass is 557 g/mol. The van der Waals surface area contributed by atoms with E-state index in [-0.39, 0.29) is 35.6 Å². The van der Waals surface area contributed by atoms with E-state index in [9.17, 15) is 0 Å². The summed E-state index contributed by atoms with van der Waals surface area (Å²) >= 11 is 6.12. The molecule has 1 atom stereocenters. The lowest BCUT2D eigenvalue weighted by molar-refractivity contribution is -0.0971. The number of benzene rings is 1. The zero-order valence-electron chi connectivity index (χ0n) is 18.5. The first-order chi connectivity index (χ1) is 14.5. The highest BCUT2D eigenvalue weighted by molar-refractivity contribution is 14.0. The van der Waals surface area contributed by atoms with E-state index in [2.05, 4.69) is 51.5 Å². The Labute approximate surface area is 207 Å². The quantitative estimate of drug-likeness (QED) is 0.307. The van der Waals surface area contributed by atoms with E-state index >= 15 is 0 Å². The standard InChI is InChI=1S/C23H32ClN5O.HI/c1-23(2)17-29(14-15-30-23)21(18-7-9-19(24)10-8-18)16-28-22(25-3)27-13-11-20-6-4-5-12-26-20;/h4-10,12,21H,11,13-17H2,1-3H3,(H2,25,27,28);1H. The van der Waals surface area contributed by atoms with Gasteiger partial charge in [-0.15, -0.1) is 24.0 Å². The molecule has 170 valence electrons. The molecule has 0 aliphatic carbocycles. The van der Waals surface area contributed by atoms with Gasteiger partial charge in [-0.25, -0.2) is 0 Å². The van der Waals surface area contributed by atoms with Gasteiger partial charge in [0.05, 0.1) is 18.2 Å². The van der Waals surface area contributed by atoms with Gasteiger partial charge in [-0.1, -0.05) is 29.8 Å². The summed E-state index contributed by atoms with van der Waals surface area (Å²) in [7, 11) is 1.80. The maximum atomic E-state index is 6.12. The van der Waals surface area contributed by atoms with Crippen LogP contribution in [0.1, 0.15) is 31.1 Å². The predicted octanol–water partition coefficient (Wildman–Crippen LogP) is 3.91. The third-order valence-corrected chi connectivity index (χ3v) is 5.49. The number of ether oxygens (including phenoxy) is 1. The molecule has 1 aliphatic heterocycles. The maximum absolute atomic E-state index is 6.12. The van der Waals surface area contributed by atoms with Crippen molar-refractivity contribution in [3.63, 3.8) is 0 Å². The molecule has 0 radical (unpaired) electrons. The molecule has 31 heavy (non-hydrogen) atoms. The SMILES string of the molecule is CN=C(NCCc1ccccn1)NCC(c1ccc(Cl)cc1)N1CCOC(C)(C)C1.I. The third-order valence-electron chi connectivity index (χ3n) is 5.24. The minimum atomic E-state index is -0.161. The van der Waals surface area contributed by atoms with Crippen LogP contribution < -0.4 is 10.6 Å². The summed E-state index contributed by atoms with van der Waals surface area (Å²) < 4.78 is 5.92. The fourth-order valence-corrected chi connectivity index (χ4v) is 3.86. The van der Waals surface area contributed by atoms with E-state index in [1.165, 1.54) is 5.56 Å². The summed E-state index contributed by atoms with van der Waals surface area (Å²) in [4.78, 5) is 11.2. The fraction of sp³-hybridized carbons (Fsp3) is 0.478. The molecule has 3 rings (SSSR count). The van der Waals surface area contributed by atoms with Crippen LogP contribution in [0.25, 0.3) is 0 Å². The second-order valence-corrected chi connectivity index (χ2v) is 8.53. The smallest absolute Gasteiger partial charge is 0.191 e. The van der Waals surface area contributed by atoms with E-state index < -0.39 is 0 Å². The number of hydrogen-bond donors (Lipinski definition) is 2. The molecule has 1 aliphatic rings. The van der Waals surface area contributed by atoms with Gasteiger partial charge in [0.1, 0.15) is 0 Å². The number of aliphatic imine (C=N–C) groups is 1. The Morgan fingerprint density at radius 3 is 2.65 bits per heavy atom. The van der Waals surface area contributed by atoms with Crippen LogP contribution in [0, 0.1) is 0 Å². The third kappa shape index (κ3) is 8.21. The maximum Gasteiger partial charge on any atom is 0.191 e. The summed E-state index contributed by atoms with van der Waals surface area (Å²) in [5, 5.41) is 7.63. The molecule has 1 aromatic carbocycles. The van der Waals surface area contributed by atoms with Gasteiger partial charge in [-0.05, 0) is 43.7 Å². The van der Waals surface area contributed by atoms with Crippen molar-refractivity contribution in [2.75, 3.05) is 39.8 Å². The van der Waals surface area contributed by atoms with Crippen LogP contribution in [0.3, 0.4) is 0 Å². The molecule has 0 spiro atoms. The van der Waals surface area contributed by atoms with Crippen LogP contribution in [0.15, 0.2) is 53.7 Å². The molecule has 0 saturated carbocycles. The van der Waals surface area contributed by atoms with E-state index in [1.807, 2.05) is 36.5 Å². The Hall–Kier alpha value is -1.42. The van der Waals surface area contributed by atoms with Gasteiger partial charge >= 0.3 is 0 Å². The van der Waals surface area contributed by atoms with Gasteiger partial charge < -0.3 is 15.4 Å². The number of pyridine rings is 1. The zero-order chi connectivity index (χ0) is 21.4. The molecule has 1 aromatic heterocycles. The second kappa shape index (κ2) is 12.6. The highest BCUT2D eigenvalue weighted by atomic mass is 127. The van der Waals surface area contributed by atoms with Crippen molar-refractivity contribution in [2.24, 2.45) is 4.99 Å². The Morgan fingerprint density at radius 2 is 2.00 bits per heavy atom. The lowest BCUT2D eigenvalue weighted by Gasteiger charge is -2.42. The topological polar surface area (TPSA) is 61.8 Å². The Balaban J connectivity index is 0.00000341. The molecule has 6 nitrogen and oxygen atoms in total. The Kier molecular flexibility index (Phi) is 10.5. The highest BCUT2D eigenvalue weighted by Gasteiger charge is 2.32. The zero-order valence-corrected chi connectivity index (χ0v) is 21.6. The van der Waals surface area contributed by atoms with Crippen molar-refractivity contribution in [1.82, 2.24) is 20.5 Å². The molecular weight excluding hydrogens is 525 g/mol. The number of nitrogens with one attached hydrogen (secondary N) is 2. The van der Waals surface area contributed by atoms with Crippen LogP contribution in [0.2, 0.25) is 5.02 Å². The van der Waals surface area contributed by atoms with Crippen molar-refractivity contribution in [1.29, 1.82) is 0 Å². The number of nitrogens with zero attached hydrogens (tertiary/aromatic N) is 3.